The molecule has 0 aliphatic heterocycles. The Kier molecular flexibility index (Phi) is 2.02. The van der Waals surface area contributed by atoms with Gasteiger partial charge < -0.3 is 10.8 Å². The van der Waals surface area contributed by atoms with Crippen molar-refractivity contribution >= 4 is 27.4 Å². The Morgan fingerprint density at radius 3 is 3.19 bits per heavy atom. The summed E-state index contributed by atoms with van der Waals surface area (Å²) in [6.45, 7) is 0. The molecule has 0 spiro atoms. The van der Waals surface area contributed by atoms with Gasteiger partial charge in [-0.1, -0.05) is 0 Å². The Morgan fingerprint density at radius 2 is 2.38 bits per heavy atom. The standard InChI is InChI=1S/C10H11N3O2S/c11-8-7-5-2-1-4(14)3-6(5)16-9(7)13-10(15)12-8/h4,14H,1-3H2,(H3,11,12,13,15)/t4-/m0/s1. The molecular formula is C10H11N3O2S. The number of hydrogen-bond donors (Lipinski definition) is 3. The van der Waals surface area contributed by atoms with Gasteiger partial charge in [-0.25, -0.2) is 4.79 Å². The van der Waals surface area contributed by atoms with E-state index in [9.17, 15) is 9.90 Å². The van der Waals surface area contributed by atoms with Gasteiger partial charge >= 0.3 is 5.69 Å². The molecule has 84 valence electrons. The summed E-state index contributed by atoms with van der Waals surface area (Å²) < 4.78 is 0. The summed E-state index contributed by atoms with van der Waals surface area (Å²) in [5.74, 6) is 0.392. The maximum Gasteiger partial charge on any atom is 0.347 e. The molecule has 4 N–H and O–H groups in total. The number of rotatable bonds is 0. The van der Waals surface area contributed by atoms with Crippen LogP contribution in [0.3, 0.4) is 0 Å². The number of nitrogens with one attached hydrogen (secondary N) is 1. The van der Waals surface area contributed by atoms with Crippen molar-refractivity contribution in [2.24, 2.45) is 0 Å². The summed E-state index contributed by atoms with van der Waals surface area (Å²) in [5, 5.41) is 10.5. The van der Waals surface area contributed by atoms with Crippen molar-refractivity contribution in [2.45, 2.75) is 25.4 Å². The average molecular weight is 237 g/mol. The minimum atomic E-state index is -0.413. The van der Waals surface area contributed by atoms with Gasteiger partial charge in [0, 0.05) is 11.3 Å². The van der Waals surface area contributed by atoms with Gasteiger partial charge in [-0.3, -0.25) is 4.98 Å². The second-order valence-electron chi connectivity index (χ2n) is 4.04. The Labute approximate surface area is 94.9 Å². The number of H-pyrrole nitrogens is 1. The summed E-state index contributed by atoms with van der Waals surface area (Å²) in [7, 11) is 0. The van der Waals surface area contributed by atoms with Crippen LogP contribution in [0.25, 0.3) is 10.2 Å². The minimum absolute atomic E-state index is 0.280. The molecule has 0 aromatic carbocycles. The van der Waals surface area contributed by atoms with Crippen molar-refractivity contribution in [1.29, 1.82) is 0 Å². The van der Waals surface area contributed by atoms with Gasteiger partial charge in [0.05, 0.1) is 11.5 Å². The van der Waals surface area contributed by atoms with Crippen molar-refractivity contribution in [3.63, 3.8) is 0 Å². The van der Waals surface area contributed by atoms with Gasteiger partial charge in [0.1, 0.15) is 10.6 Å². The number of anilines is 1. The second-order valence-corrected chi connectivity index (χ2v) is 5.12. The maximum atomic E-state index is 11.2. The second kappa shape index (κ2) is 3.29. The molecule has 0 bridgehead atoms. The molecule has 0 saturated carbocycles. The van der Waals surface area contributed by atoms with E-state index in [2.05, 4.69) is 9.97 Å². The first-order valence-corrected chi connectivity index (χ1v) is 5.95. The zero-order valence-electron chi connectivity index (χ0n) is 8.49. The van der Waals surface area contributed by atoms with Crippen LogP contribution in [0.1, 0.15) is 16.9 Å². The zero-order chi connectivity index (χ0) is 11.3. The Bertz CT molecular complexity index is 616. The summed E-state index contributed by atoms with van der Waals surface area (Å²) in [4.78, 5) is 19.4. The Morgan fingerprint density at radius 1 is 1.56 bits per heavy atom. The topological polar surface area (TPSA) is 92.0 Å². The predicted molar refractivity (Wildman–Crippen MR) is 62.7 cm³/mol. The summed E-state index contributed by atoms with van der Waals surface area (Å²) >= 11 is 1.46. The third-order valence-electron chi connectivity index (χ3n) is 2.93. The first kappa shape index (κ1) is 9.80. The molecule has 0 radical (unpaired) electrons. The lowest BCUT2D eigenvalue weighted by Crippen LogP contribution is -2.17. The third-order valence-corrected chi connectivity index (χ3v) is 4.08. The number of hydrogen-bond acceptors (Lipinski definition) is 5. The van der Waals surface area contributed by atoms with E-state index in [1.807, 2.05) is 0 Å². The lowest BCUT2D eigenvalue weighted by molar-refractivity contribution is 0.160. The van der Waals surface area contributed by atoms with E-state index in [1.54, 1.807) is 0 Å². The molecule has 0 amide bonds. The fourth-order valence-corrected chi connectivity index (χ4v) is 3.51. The van der Waals surface area contributed by atoms with E-state index < -0.39 is 5.69 Å². The van der Waals surface area contributed by atoms with E-state index >= 15 is 0 Å². The quantitative estimate of drug-likeness (QED) is 0.619. The summed E-state index contributed by atoms with van der Waals surface area (Å²) in [6.07, 6.45) is 1.91. The van der Waals surface area contributed by atoms with Crippen LogP contribution in [-0.2, 0) is 12.8 Å². The number of aromatic nitrogens is 2. The van der Waals surface area contributed by atoms with Gasteiger partial charge in [0.2, 0.25) is 0 Å². The molecule has 0 saturated heterocycles. The van der Waals surface area contributed by atoms with Crippen molar-refractivity contribution < 1.29 is 5.11 Å². The number of nitrogens with zero attached hydrogens (tertiary/aromatic N) is 1. The van der Waals surface area contributed by atoms with Crippen LogP contribution < -0.4 is 11.4 Å². The number of aliphatic hydroxyl groups is 1. The monoisotopic (exact) mass is 237 g/mol. The molecule has 2 heterocycles. The number of thiophene rings is 1. The van der Waals surface area contributed by atoms with Gasteiger partial charge in [-0.15, -0.1) is 11.3 Å². The maximum absolute atomic E-state index is 11.2. The summed E-state index contributed by atoms with van der Waals surface area (Å²) in [6, 6.07) is 0. The molecular weight excluding hydrogens is 226 g/mol. The van der Waals surface area contributed by atoms with Crippen molar-refractivity contribution in [3.8, 4) is 0 Å². The molecule has 2 aromatic heterocycles. The highest BCUT2D eigenvalue weighted by Crippen LogP contribution is 2.36. The number of nitrogens with two attached hydrogens (primary N) is 1. The molecule has 3 rings (SSSR count). The normalized spacial score (nSPS) is 19.9. The third kappa shape index (κ3) is 1.34. The number of nitrogen functional groups attached to an aromatic ring is 1. The Hall–Kier alpha value is -1.40. The first-order chi connectivity index (χ1) is 7.65. The molecule has 1 atom stereocenters. The molecule has 1 aliphatic carbocycles. The fraction of sp³-hybridized carbons (Fsp3) is 0.400. The molecule has 2 aromatic rings. The van der Waals surface area contributed by atoms with E-state index in [4.69, 9.17) is 5.73 Å². The number of fused-ring (bicyclic) bond motifs is 3. The minimum Gasteiger partial charge on any atom is -0.393 e. The van der Waals surface area contributed by atoms with E-state index in [-0.39, 0.29) is 6.10 Å². The van der Waals surface area contributed by atoms with Crippen LogP contribution >= 0.6 is 11.3 Å². The highest BCUT2D eigenvalue weighted by atomic mass is 32.1. The lowest BCUT2D eigenvalue weighted by Gasteiger charge is -2.16. The van der Waals surface area contributed by atoms with Gasteiger partial charge in [0.25, 0.3) is 0 Å². The lowest BCUT2D eigenvalue weighted by atomic mass is 9.95. The van der Waals surface area contributed by atoms with E-state index in [0.29, 0.717) is 17.1 Å². The number of aliphatic hydroxyl groups excluding tert-OH is 1. The largest absolute Gasteiger partial charge is 0.393 e. The van der Waals surface area contributed by atoms with Crippen LogP contribution in [0.5, 0.6) is 0 Å². The number of aromatic amines is 1. The molecule has 1 aliphatic rings. The molecule has 5 nitrogen and oxygen atoms in total. The van der Waals surface area contributed by atoms with Crippen LogP contribution in [-0.4, -0.2) is 21.2 Å². The fourth-order valence-electron chi connectivity index (χ4n) is 2.21. The zero-order valence-corrected chi connectivity index (χ0v) is 9.30. The SMILES string of the molecule is Nc1[nH]c(=O)nc2sc3c(c12)CC[C@H](O)C3. The van der Waals surface area contributed by atoms with Gasteiger partial charge in [-0.05, 0) is 18.4 Å². The van der Waals surface area contributed by atoms with Crippen molar-refractivity contribution in [2.75, 3.05) is 5.73 Å². The van der Waals surface area contributed by atoms with Crippen LogP contribution in [0.4, 0.5) is 5.82 Å². The van der Waals surface area contributed by atoms with Crippen molar-refractivity contribution in [3.05, 3.63) is 20.9 Å². The molecule has 6 heteroatoms. The highest BCUT2D eigenvalue weighted by Gasteiger charge is 2.23. The predicted octanol–water partition coefficient (Wildman–Crippen LogP) is 0.416. The smallest absolute Gasteiger partial charge is 0.347 e. The van der Waals surface area contributed by atoms with E-state index in [0.717, 1.165) is 28.7 Å². The van der Waals surface area contributed by atoms with Crippen LogP contribution in [0, 0.1) is 0 Å². The van der Waals surface area contributed by atoms with Crippen molar-refractivity contribution in [1.82, 2.24) is 9.97 Å². The summed E-state index contributed by atoms with van der Waals surface area (Å²) in [5.41, 5.74) is 6.54. The van der Waals surface area contributed by atoms with Gasteiger partial charge in [-0.2, -0.15) is 4.98 Å². The Balaban J connectivity index is 2.33. The van der Waals surface area contributed by atoms with Crippen LogP contribution in [0.15, 0.2) is 4.79 Å². The highest BCUT2D eigenvalue weighted by molar-refractivity contribution is 7.19. The molecule has 0 fully saturated rings. The molecule has 16 heavy (non-hydrogen) atoms. The first-order valence-electron chi connectivity index (χ1n) is 5.13. The van der Waals surface area contributed by atoms with Gasteiger partial charge in [0.15, 0.2) is 0 Å². The number of aryl methyl sites for hydroxylation is 1. The average Bonchev–Trinajstić information content (AvgIpc) is 2.54. The van der Waals surface area contributed by atoms with E-state index in [1.165, 1.54) is 11.3 Å². The van der Waals surface area contributed by atoms with Crippen LogP contribution in [0.2, 0.25) is 0 Å². The molecule has 0 unspecified atom stereocenters.